The third kappa shape index (κ3) is 3.37. The third-order valence-corrected chi connectivity index (χ3v) is 2.40. The molecule has 0 aliphatic rings. The molecule has 0 fully saturated rings. The summed E-state index contributed by atoms with van der Waals surface area (Å²) in [4.78, 5) is 23.4. The van der Waals surface area contributed by atoms with E-state index in [-0.39, 0.29) is 18.8 Å². The molecule has 0 radical (unpaired) electrons. The minimum absolute atomic E-state index is 0.216. The number of carbonyl (C=O) groups excluding carboxylic acids is 2. The second kappa shape index (κ2) is 6.13. The van der Waals surface area contributed by atoms with Gasteiger partial charge in [-0.15, -0.1) is 0 Å². The Hall–Kier alpha value is -1.71. The van der Waals surface area contributed by atoms with Gasteiger partial charge in [-0.05, 0) is 24.6 Å². The zero-order valence-corrected chi connectivity index (χ0v) is 9.90. The molecule has 1 aromatic carbocycles. The Bertz CT molecular complexity index is 398. The van der Waals surface area contributed by atoms with E-state index >= 15 is 0 Å². The van der Waals surface area contributed by atoms with Crippen LogP contribution < -0.4 is 0 Å². The van der Waals surface area contributed by atoms with Gasteiger partial charge in [0.05, 0.1) is 6.61 Å². The molecule has 0 spiro atoms. The van der Waals surface area contributed by atoms with Gasteiger partial charge in [0.25, 0.3) is 0 Å². The molecule has 0 unspecified atom stereocenters. The normalized spacial score (nSPS) is 11.9. The van der Waals surface area contributed by atoms with Crippen LogP contribution in [0.4, 0.5) is 4.39 Å². The van der Waals surface area contributed by atoms with E-state index in [2.05, 4.69) is 0 Å². The Morgan fingerprint density at radius 3 is 2.29 bits per heavy atom. The fourth-order valence-corrected chi connectivity index (χ4v) is 1.54. The Balaban J connectivity index is 3.01. The highest BCUT2D eigenvalue weighted by molar-refractivity contribution is 6.04. The second-order valence-corrected chi connectivity index (χ2v) is 3.56. The van der Waals surface area contributed by atoms with Crippen molar-refractivity contribution in [1.82, 2.24) is 0 Å². The number of ether oxygens (including phenoxy) is 1. The van der Waals surface area contributed by atoms with Crippen LogP contribution >= 0.6 is 0 Å². The number of esters is 1. The predicted molar refractivity (Wildman–Crippen MR) is 61.1 cm³/mol. The predicted octanol–water partition coefficient (Wildman–Crippen LogP) is 2.45. The number of ketones is 1. The van der Waals surface area contributed by atoms with Gasteiger partial charge in [-0.25, -0.2) is 4.39 Å². The van der Waals surface area contributed by atoms with Crippen LogP contribution in [-0.4, -0.2) is 18.4 Å². The van der Waals surface area contributed by atoms with E-state index in [4.69, 9.17) is 4.74 Å². The maximum atomic E-state index is 12.8. The van der Waals surface area contributed by atoms with Crippen LogP contribution in [0.15, 0.2) is 24.3 Å². The van der Waals surface area contributed by atoms with Gasteiger partial charge >= 0.3 is 5.97 Å². The van der Waals surface area contributed by atoms with E-state index in [1.165, 1.54) is 24.3 Å². The zero-order chi connectivity index (χ0) is 12.8. The lowest BCUT2D eigenvalue weighted by Crippen LogP contribution is -2.23. The summed E-state index contributed by atoms with van der Waals surface area (Å²) >= 11 is 0. The summed E-state index contributed by atoms with van der Waals surface area (Å²) in [6.45, 7) is 3.57. The van der Waals surface area contributed by atoms with Gasteiger partial charge in [-0.1, -0.05) is 19.1 Å². The van der Waals surface area contributed by atoms with Crippen molar-refractivity contribution >= 4 is 11.8 Å². The number of halogens is 1. The molecule has 17 heavy (non-hydrogen) atoms. The topological polar surface area (TPSA) is 43.4 Å². The number of Topliss-reactive ketones (excluding diaryl/α,β-unsaturated/α-hetero) is 1. The highest BCUT2D eigenvalue weighted by Gasteiger charge is 2.28. The summed E-state index contributed by atoms with van der Waals surface area (Å²) in [5.74, 6) is -2.15. The number of hydrogen-bond acceptors (Lipinski definition) is 3. The fourth-order valence-electron chi connectivity index (χ4n) is 1.54. The lowest BCUT2D eigenvalue weighted by molar-refractivity contribution is -0.147. The molecule has 0 bridgehead atoms. The van der Waals surface area contributed by atoms with Crippen molar-refractivity contribution in [1.29, 1.82) is 0 Å². The third-order valence-electron chi connectivity index (χ3n) is 2.40. The van der Waals surface area contributed by atoms with E-state index in [1.807, 2.05) is 0 Å². The fraction of sp³-hybridized carbons (Fsp3) is 0.385. The van der Waals surface area contributed by atoms with Crippen molar-refractivity contribution in [3.05, 3.63) is 35.6 Å². The molecule has 3 nitrogen and oxygen atoms in total. The molecular weight excluding hydrogens is 223 g/mol. The molecular formula is C13H15FO3. The lowest BCUT2D eigenvalue weighted by Gasteiger charge is -2.13. The number of benzene rings is 1. The Kier molecular flexibility index (Phi) is 4.82. The molecule has 0 amide bonds. The molecule has 0 aliphatic heterocycles. The Labute approximate surface area is 99.6 Å². The Morgan fingerprint density at radius 2 is 1.82 bits per heavy atom. The molecule has 0 saturated heterocycles. The average molecular weight is 238 g/mol. The minimum atomic E-state index is -0.944. The van der Waals surface area contributed by atoms with Crippen LogP contribution in [0.3, 0.4) is 0 Å². The molecule has 0 N–H and O–H groups in total. The smallest absolute Gasteiger partial charge is 0.321 e. The molecule has 4 heteroatoms. The molecule has 1 aromatic rings. The highest BCUT2D eigenvalue weighted by atomic mass is 19.1. The standard InChI is InChI=1S/C13H15FO3/c1-3-11(15)12(13(16)17-4-2)9-5-7-10(14)8-6-9/h5-8,12H,3-4H2,1-2H3/t12-/m1/s1. The van der Waals surface area contributed by atoms with E-state index < -0.39 is 17.7 Å². The summed E-state index contributed by atoms with van der Waals surface area (Å²) in [7, 11) is 0. The van der Waals surface area contributed by atoms with Crippen molar-refractivity contribution in [2.24, 2.45) is 0 Å². The van der Waals surface area contributed by atoms with Gasteiger partial charge in [0.1, 0.15) is 11.7 Å². The lowest BCUT2D eigenvalue weighted by atomic mass is 9.93. The number of carbonyl (C=O) groups is 2. The minimum Gasteiger partial charge on any atom is -0.465 e. The summed E-state index contributed by atoms with van der Waals surface area (Å²) in [6, 6.07) is 5.32. The summed E-state index contributed by atoms with van der Waals surface area (Å²) in [6.07, 6.45) is 0.237. The van der Waals surface area contributed by atoms with E-state index in [1.54, 1.807) is 13.8 Å². The molecule has 0 aromatic heterocycles. The van der Waals surface area contributed by atoms with Gasteiger partial charge in [0.2, 0.25) is 0 Å². The van der Waals surface area contributed by atoms with Crippen LogP contribution in [0, 0.1) is 5.82 Å². The maximum absolute atomic E-state index is 12.8. The second-order valence-electron chi connectivity index (χ2n) is 3.56. The first kappa shape index (κ1) is 13.4. The monoisotopic (exact) mass is 238 g/mol. The first-order chi connectivity index (χ1) is 8.10. The van der Waals surface area contributed by atoms with Crippen molar-refractivity contribution in [3.8, 4) is 0 Å². The Morgan fingerprint density at radius 1 is 1.24 bits per heavy atom. The van der Waals surface area contributed by atoms with Crippen LogP contribution in [-0.2, 0) is 14.3 Å². The van der Waals surface area contributed by atoms with Gasteiger partial charge in [-0.3, -0.25) is 9.59 Å². The zero-order valence-electron chi connectivity index (χ0n) is 9.90. The quantitative estimate of drug-likeness (QED) is 0.584. The van der Waals surface area contributed by atoms with Crippen molar-refractivity contribution in [2.45, 2.75) is 26.2 Å². The highest BCUT2D eigenvalue weighted by Crippen LogP contribution is 2.20. The van der Waals surface area contributed by atoms with Crippen LogP contribution in [0.25, 0.3) is 0 Å². The number of hydrogen-bond donors (Lipinski definition) is 0. The molecule has 0 saturated carbocycles. The molecule has 1 rings (SSSR count). The number of rotatable bonds is 5. The summed E-state index contributed by atoms with van der Waals surface area (Å²) in [5.41, 5.74) is 0.469. The van der Waals surface area contributed by atoms with Gasteiger partial charge in [0, 0.05) is 6.42 Å². The van der Waals surface area contributed by atoms with E-state index in [0.29, 0.717) is 5.56 Å². The van der Waals surface area contributed by atoms with Crippen LogP contribution in [0.2, 0.25) is 0 Å². The van der Waals surface area contributed by atoms with E-state index in [0.717, 1.165) is 0 Å². The first-order valence-corrected chi connectivity index (χ1v) is 5.55. The van der Waals surface area contributed by atoms with Gasteiger partial charge < -0.3 is 4.74 Å². The van der Waals surface area contributed by atoms with Crippen molar-refractivity contribution < 1.29 is 18.7 Å². The average Bonchev–Trinajstić information content (AvgIpc) is 2.32. The largest absolute Gasteiger partial charge is 0.465 e. The van der Waals surface area contributed by atoms with Crippen LogP contribution in [0.5, 0.6) is 0 Å². The van der Waals surface area contributed by atoms with Gasteiger partial charge in [0.15, 0.2) is 5.78 Å². The molecule has 92 valence electrons. The first-order valence-electron chi connectivity index (χ1n) is 5.55. The van der Waals surface area contributed by atoms with Crippen molar-refractivity contribution in [2.75, 3.05) is 6.61 Å². The molecule has 1 atom stereocenters. The summed E-state index contributed by atoms with van der Waals surface area (Å²) in [5, 5.41) is 0. The summed E-state index contributed by atoms with van der Waals surface area (Å²) < 4.78 is 17.6. The maximum Gasteiger partial charge on any atom is 0.321 e. The van der Waals surface area contributed by atoms with Gasteiger partial charge in [-0.2, -0.15) is 0 Å². The molecule has 0 heterocycles. The van der Waals surface area contributed by atoms with Crippen molar-refractivity contribution in [3.63, 3.8) is 0 Å². The SMILES string of the molecule is CCOC(=O)[C@@H](C(=O)CC)c1ccc(F)cc1. The molecule has 0 aliphatic carbocycles. The van der Waals surface area contributed by atoms with E-state index in [9.17, 15) is 14.0 Å². The van der Waals surface area contributed by atoms with Crippen LogP contribution in [0.1, 0.15) is 31.7 Å².